The number of allylic oxidation sites excluding steroid dienone is 1. The zero-order valence-electron chi connectivity index (χ0n) is 22.2. The van der Waals surface area contributed by atoms with Crippen LogP contribution >= 0.6 is 11.3 Å². The van der Waals surface area contributed by atoms with Gasteiger partial charge in [-0.15, -0.1) is 0 Å². The molecule has 0 spiro atoms. The van der Waals surface area contributed by atoms with Crippen molar-refractivity contribution in [3.63, 3.8) is 0 Å². The van der Waals surface area contributed by atoms with Crippen molar-refractivity contribution in [2.24, 2.45) is 0 Å². The van der Waals surface area contributed by atoms with Crippen molar-refractivity contribution in [2.75, 3.05) is 11.5 Å². The van der Waals surface area contributed by atoms with Crippen LogP contribution in [-0.4, -0.2) is 28.4 Å². The molecule has 7 heteroatoms. The Morgan fingerprint density at radius 2 is 1.90 bits per heavy atom. The fourth-order valence-corrected chi connectivity index (χ4v) is 5.93. The normalized spacial score (nSPS) is 15.6. The fraction of sp³-hybridized carbons (Fsp3) is 0.219. The minimum atomic E-state index is -0.859. The maximum atomic E-state index is 13.6. The Morgan fingerprint density at radius 3 is 2.67 bits per heavy atom. The summed E-state index contributed by atoms with van der Waals surface area (Å²) >= 11 is 1.37. The van der Waals surface area contributed by atoms with Crippen LogP contribution in [0.2, 0.25) is 0 Å². The van der Waals surface area contributed by atoms with E-state index >= 15 is 0 Å². The fourth-order valence-electron chi connectivity index (χ4n) is 4.77. The van der Waals surface area contributed by atoms with Crippen molar-refractivity contribution in [3.8, 4) is 5.75 Å². The van der Waals surface area contributed by atoms with Crippen LogP contribution in [0.15, 0.2) is 84.1 Å². The van der Waals surface area contributed by atoms with Gasteiger partial charge in [-0.3, -0.25) is 14.5 Å². The van der Waals surface area contributed by atoms with Crippen LogP contribution in [0.5, 0.6) is 5.75 Å². The number of amides is 1. The molecule has 2 heterocycles. The summed E-state index contributed by atoms with van der Waals surface area (Å²) in [5, 5.41) is 11.5. The van der Waals surface area contributed by atoms with E-state index in [1.807, 2.05) is 80.6 Å². The van der Waals surface area contributed by atoms with Crippen molar-refractivity contribution >= 4 is 44.5 Å². The van der Waals surface area contributed by atoms with Crippen LogP contribution in [-0.2, 0) is 9.59 Å². The van der Waals surface area contributed by atoms with E-state index in [9.17, 15) is 14.7 Å². The number of fused-ring (bicyclic) bond motifs is 1. The number of carbonyl (C=O) groups excluding carboxylic acids is 2. The number of benzene rings is 3. The zero-order valence-corrected chi connectivity index (χ0v) is 23.0. The van der Waals surface area contributed by atoms with Gasteiger partial charge in [-0.05, 0) is 66.8 Å². The molecule has 0 bridgehead atoms. The number of aliphatic hydroxyl groups is 1. The lowest BCUT2D eigenvalue weighted by atomic mass is 9.95. The number of carbonyl (C=O) groups is 2. The number of aliphatic hydroxyl groups excluding tert-OH is 1. The third-order valence-corrected chi connectivity index (χ3v) is 7.67. The molecular formula is C32H30N2O4S. The monoisotopic (exact) mass is 538 g/mol. The van der Waals surface area contributed by atoms with Crippen molar-refractivity contribution in [2.45, 2.75) is 39.7 Å². The Morgan fingerprint density at radius 1 is 1.10 bits per heavy atom. The summed E-state index contributed by atoms with van der Waals surface area (Å²) in [6.07, 6.45) is 5.00. The Kier molecular flexibility index (Phi) is 7.61. The molecule has 1 aliphatic heterocycles. The standard InChI is InChI=1S/C32H30N2O4S/c1-4-5-16-38-24-13-9-12-23(19-24)29-27(25(35)15-14-22-10-7-6-8-11-22)30(36)31(37)34(29)32-33-28-21(3)17-20(2)18-26(28)39-32/h6-15,17-19,29,36H,4-5,16H2,1-3H3/b15-14+. The van der Waals surface area contributed by atoms with Crippen LogP contribution < -0.4 is 9.64 Å². The second-order valence-electron chi connectivity index (χ2n) is 9.65. The SMILES string of the molecule is CCCCOc1cccc(C2C(C(=O)/C=C/c3ccccc3)=C(O)C(=O)N2c2nc3c(C)cc(C)cc3s2)c1. The predicted octanol–water partition coefficient (Wildman–Crippen LogP) is 7.27. The Hall–Kier alpha value is -4.23. The molecule has 1 aliphatic rings. The summed E-state index contributed by atoms with van der Waals surface area (Å²) in [4.78, 5) is 33.4. The van der Waals surface area contributed by atoms with Gasteiger partial charge in [0.25, 0.3) is 5.91 Å². The second-order valence-corrected chi connectivity index (χ2v) is 10.7. The number of aryl methyl sites for hydroxylation is 2. The highest BCUT2D eigenvalue weighted by Gasteiger charge is 2.45. The van der Waals surface area contributed by atoms with Gasteiger partial charge < -0.3 is 9.84 Å². The van der Waals surface area contributed by atoms with Gasteiger partial charge >= 0.3 is 0 Å². The molecule has 1 N–H and O–H groups in total. The zero-order chi connectivity index (χ0) is 27.5. The number of aromatic nitrogens is 1. The minimum Gasteiger partial charge on any atom is -0.503 e. The number of anilines is 1. The Bertz CT molecular complexity index is 1600. The third-order valence-electron chi connectivity index (χ3n) is 6.67. The number of ketones is 1. The van der Waals surface area contributed by atoms with Crippen LogP contribution in [0.3, 0.4) is 0 Å². The van der Waals surface area contributed by atoms with E-state index in [1.54, 1.807) is 6.08 Å². The molecule has 0 saturated heterocycles. The largest absolute Gasteiger partial charge is 0.503 e. The van der Waals surface area contributed by atoms with Crippen LogP contribution in [0.4, 0.5) is 5.13 Å². The highest BCUT2D eigenvalue weighted by molar-refractivity contribution is 7.22. The summed E-state index contributed by atoms with van der Waals surface area (Å²) in [7, 11) is 0. The summed E-state index contributed by atoms with van der Waals surface area (Å²) in [6.45, 7) is 6.66. The van der Waals surface area contributed by atoms with E-state index in [4.69, 9.17) is 9.72 Å². The van der Waals surface area contributed by atoms with E-state index in [2.05, 4.69) is 6.92 Å². The molecule has 1 atom stereocenters. The van der Waals surface area contributed by atoms with E-state index in [-0.39, 0.29) is 5.57 Å². The molecule has 6 nitrogen and oxygen atoms in total. The molecule has 1 aromatic heterocycles. The van der Waals surface area contributed by atoms with Crippen molar-refractivity contribution < 1.29 is 19.4 Å². The first-order valence-corrected chi connectivity index (χ1v) is 13.8. The molecule has 0 fully saturated rings. The van der Waals surface area contributed by atoms with Gasteiger partial charge in [-0.1, -0.05) is 79.3 Å². The highest BCUT2D eigenvalue weighted by Crippen LogP contribution is 2.44. The lowest BCUT2D eigenvalue weighted by molar-refractivity contribution is -0.117. The number of thiazole rings is 1. The van der Waals surface area contributed by atoms with Gasteiger partial charge in [0.15, 0.2) is 16.7 Å². The number of rotatable bonds is 9. The Labute approximate surface area is 231 Å². The molecule has 1 unspecified atom stereocenters. The van der Waals surface area contributed by atoms with E-state index < -0.39 is 23.5 Å². The molecular weight excluding hydrogens is 508 g/mol. The summed E-state index contributed by atoms with van der Waals surface area (Å²) in [6, 6.07) is 20.0. The smallest absolute Gasteiger partial charge is 0.296 e. The molecule has 0 saturated carbocycles. The lowest BCUT2D eigenvalue weighted by Crippen LogP contribution is -2.30. The van der Waals surface area contributed by atoms with Gasteiger partial charge in [0.2, 0.25) is 0 Å². The topological polar surface area (TPSA) is 79.7 Å². The maximum Gasteiger partial charge on any atom is 0.296 e. The first kappa shape index (κ1) is 26.4. The van der Waals surface area contributed by atoms with Gasteiger partial charge in [0, 0.05) is 0 Å². The van der Waals surface area contributed by atoms with Crippen LogP contribution in [0.1, 0.15) is 48.1 Å². The van der Waals surface area contributed by atoms with Crippen molar-refractivity contribution in [3.05, 3.63) is 106 Å². The van der Waals surface area contributed by atoms with Gasteiger partial charge in [0.05, 0.1) is 28.4 Å². The minimum absolute atomic E-state index is 0.0186. The van der Waals surface area contributed by atoms with E-state index in [1.165, 1.54) is 22.3 Å². The summed E-state index contributed by atoms with van der Waals surface area (Å²) < 4.78 is 6.86. The van der Waals surface area contributed by atoms with Crippen LogP contribution in [0.25, 0.3) is 16.3 Å². The quantitative estimate of drug-likeness (QED) is 0.179. The molecule has 4 aromatic rings. The molecule has 3 aromatic carbocycles. The van der Waals surface area contributed by atoms with Gasteiger partial charge in [-0.25, -0.2) is 4.98 Å². The predicted molar refractivity (Wildman–Crippen MR) is 156 cm³/mol. The van der Waals surface area contributed by atoms with Crippen LogP contribution in [0, 0.1) is 13.8 Å². The average molecular weight is 539 g/mol. The van der Waals surface area contributed by atoms with Gasteiger partial charge in [-0.2, -0.15) is 0 Å². The number of ether oxygens (including phenoxy) is 1. The molecule has 5 rings (SSSR count). The first-order chi connectivity index (χ1) is 18.9. The number of unbranched alkanes of at least 4 members (excludes halogenated alkanes) is 1. The van der Waals surface area contributed by atoms with Crippen molar-refractivity contribution in [1.82, 2.24) is 4.98 Å². The molecule has 0 aliphatic carbocycles. The summed E-state index contributed by atoms with van der Waals surface area (Å²) in [5.41, 5.74) is 4.41. The van der Waals surface area contributed by atoms with Gasteiger partial charge in [0.1, 0.15) is 5.75 Å². The maximum absolute atomic E-state index is 13.6. The second kappa shape index (κ2) is 11.3. The van der Waals surface area contributed by atoms with E-state index in [0.717, 1.165) is 39.7 Å². The number of nitrogens with zero attached hydrogens (tertiary/aromatic N) is 2. The summed E-state index contributed by atoms with van der Waals surface area (Å²) in [5.74, 6) is -1.01. The number of hydrogen-bond donors (Lipinski definition) is 1. The molecule has 198 valence electrons. The Balaban J connectivity index is 1.60. The molecule has 1 amide bonds. The highest BCUT2D eigenvalue weighted by atomic mass is 32.1. The lowest BCUT2D eigenvalue weighted by Gasteiger charge is -2.24. The van der Waals surface area contributed by atoms with E-state index in [0.29, 0.717) is 23.1 Å². The molecule has 0 radical (unpaired) electrons. The first-order valence-electron chi connectivity index (χ1n) is 13.0. The van der Waals surface area contributed by atoms with Crippen molar-refractivity contribution in [1.29, 1.82) is 0 Å². The third kappa shape index (κ3) is 5.36. The number of hydrogen-bond acceptors (Lipinski definition) is 6. The molecule has 39 heavy (non-hydrogen) atoms. The average Bonchev–Trinajstić information content (AvgIpc) is 3.46.